The molecule has 27 heavy (non-hydrogen) atoms. The van der Waals surface area contributed by atoms with Gasteiger partial charge in [0.1, 0.15) is 18.7 Å². The lowest BCUT2D eigenvalue weighted by atomic mass is 10.1. The topological polar surface area (TPSA) is 105 Å². The van der Waals surface area contributed by atoms with Crippen LogP contribution in [-0.4, -0.2) is 35.2 Å². The fourth-order valence-electron chi connectivity index (χ4n) is 2.34. The number of carboxylic acids is 1. The van der Waals surface area contributed by atoms with Gasteiger partial charge >= 0.3 is 12.1 Å². The normalized spacial score (nSPS) is 12.5. The Morgan fingerprint density at radius 3 is 2.04 bits per heavy atom. The highest BCUT2D eigenvalue weighted by molar-refractivity contribution is 5.89. The predicted molar refractivity (Wildman–Crippen MR) is 98.9 cm³/mol. The molecule has 0 aliphatic carbocycles. The summed E-state index contributed by atoms with van der Waals surface area (Å²) in [6.07, 6.45) is -0.544. The number of rotatable bonds is 8. The summed E-state index contributed by atoms with van der Waals surface area (Å²) in [5.74, 6) is -1.75. The molecule has 0 aliphatic rings. The van der Waals surface area contributed by atoms with Crippen LogP contribution in [0.25, 0.3) is 0 Å². The molecule has 2 aromatic rings. The lowest BCUT2D eigenvalue weighted by Crippen LogP contribution is -2.51. The fraction of sp³-hybridized carbons (Fsp3) is 0.250. The van der Waals surface area contributed by atoms with Gasteiger partial charge in [0.25, 0.3) is 0 Å². The molecule has 0 unspecified atom stereocenters. The number of nitrogens with one attached hydrogen (secondary N) is 2. The second kappa shape index (κ2) is 9.96. The Bertz CT molecular complexity index is 764. The molecule has 0 fully saturated rings. The molecular formula is C20H22N2O5. The lowest BCUT2D eigenvalue weighted by molar-refractivity contribution is -0.141. The third-order valence-electron chi connectivity index (χ3n) is 3.83. The van der Waals surface area contributed by atoms with Crippen molar-refractivity contribution in [2.75, 3.05) is 0 Å². The van der Waals surface area contributed by atoms with Gasteiger partial charge in [-0.15, -0.1) is 0 Å². The maximum Gasteiger partial charge on any atom is 0.408 e. The molecule has 142 valence electrons. The van der Waals surface area contributed by atoms with E-state index in [2.05, 4.69) is 10.6 Å². The number of carbonyl (C=O) groups is 3. The van der Waals surface area contributed by atoms with Crippen molar-refractivity contribution in [2.24, 2.45) is 0 Å². The number of hydrogen-bond acceptors (Lipinski definition) is 4. The molecule has 2 aromatic carbocycles. The quantitative estimate of drug-likeness (QED) is 0.660. The zero-order valence-corrected chi connectivity index (χ0v) is 14.9. The smallest absolute Gasteiger partial charge is 0.408 e. The molecule has 0 radical (unpaired) electrons. The van der Waals surface area contributed by atoms with Gasteiger partial charge in [-0.3, -0.25) is 9.59 Å². The van der Waals surface area contributed by atoms with Gasteiger partial charge < -0.3 is 20.5 Å². The molecule has 7 heteroatoms. The Morgan fingerprint density at radius 2 is 1.48 bits per heavy atom. The van der Waals surface area contributed by atoms with Gasteiger partial charge in [-0.1, -0.05) is 60.7 Å². The van der Waals surface area contributed by atoms with Crippen LogP contribution in [-0.2, 0) is 27.4 Å². The van der Waals surface area contributed by atoms with Crippen molar-refractivity contribution in [1.82, 2.24) is 10.6 Å². The summed E-state index contributed by atoms with van der Waals surface area (Å²) in [7, 11) is 0. The summed E-state index contributed by atoms with van der Waals surface area (Å²) in [6.45, 7) is 1.42. The number of aliphatic carboxylic acids is 1. The highest BCUT2D eigenvalue weighted by Crippen LogP contribution is 2.06. The van der Waals surface area contributed by atoms with Crippen LogP contribution in [0.15, 0.2) is 60.7 Å². The molecule has 0 aromatic heterocycles. The number of hydrogen-bond donors (Lipinski definition) is 3. The fourth-order valence-corrected chi connectivity index (χ4v) is 2.34. The van der Waals surface area contributed by atoms with Crippen molar-refractivity contribution in [3.8, 4) is 0 Å². The first-order chi connectivity index (χ1) is 13.0. The van der Waals surface area contributed by atoms with Crippen molar-refractivity contribution < 1.29 is 24.2 Å². The molecule has 2 atom stereocenters. The maximum atomic E-state index is 12.4. The average molecular weight is 370 g/mol. The molecule has 3 N–H and O–H groups in total. The van der Waals surface area contributed by atoms with E-state index in [4.69, 9.17) is 9.84 Å². The number of benzene rings is 2. The minimum absolute atomic E-state index is 0.0673. The van der Waals surface area contributed by atoms with Crippen molar-refractivity contribution in [3.05, 3.63) is 71.8 Å². The standard InChI is InChI=1S/C20H22N2O5/c1-14(19(24)25)21-18(23)17(12-15-8-4-2-5-9-15)22-20(26)27-13-16-10-6-3-7-11-16/h2-11,14,17H,12-13H2,1H3,(H,21,23)(H,22,26)(H,24,25)/t14-,17+/m0/s1. The first-order valence-corrected chi connectivity index (χ1v) is 8.50. The van der Waals surface area contributed by atoms with Gasteiger partial charge in [0.2, 0.25) is 5.91 Å². The minimum atomic E-state index is -1.16. The zero-order chi connectivity index (χ0) is 19.6. The van der Waals surface area contributed by atoms with Crippen LogP contribution in [0.3, 0.4) is 0 Å². The molecule has 0 heterocycles. The van der Waals surface area contributed by atoms with Gasteiger partial charge in [0.15, 0.2) is 0 Å². The Kier molecular flexibility index (Phi) is 7.37. The number of carbonyl (C=O) groups excluding carboxylic acids is 2. The third kappa shape index (κ3) is 6.81. The zero-order valence-electron chi connectivity index (χ0n) is 14.9. The van der Waals surface area contributed by atoms with Gasteiger partial charge in [0, 0.05) is 6.42 Å². The van der Waals surface area contributed by atoms with Crippen molar-refractivity contribution in [1.29, 1.82) is 0 Å². The number of carboxylic acid groups (broad SMARTS) is 1. The molecule has 0 saturated carbocycles. The Morgan fingerprint density at radius 1 is 0.926 bits per heavy atom. The Labute approximate surface area is 157 Å². The van der Waals surface area contributed by atoms with Gasteiger partial charge in [0.05, 0.1) is 0 Å². The van der Waals surface area contributed by atoms with E-state index >= 15 is 0 Å². The van der Waals surface area contributed by atoms with E-state index in [0.717, 1.165) is 11.1 Å². The van der Waals surface area contributed by atoms with E-state index in [9.17, 15) is 14.4 Å². The average Bonchev–Trinajstić information content (AvgIpc) is 2.67. The van der Waals surface area contributed by atoms with Crippen LogP contribution in [0.5, 0.6) is 0 Å². The van der Waals surface area contributed by atoms with E-state index in [1.807, 2.05) is 60.7 Å². The van der Waals surface area contributed by atoms with Crippen molar-refractivity contribution >= 4 is 18.0 Å². The highest BCUT2D eigenvalue weighted by atomic mass is 16.5. The predicted octanol–water partition coefficient (Wildman–Crippen LogP) is 2.11. The SMILES string of the molecule is C[C@H](NC(=O)[C@@H](Cc1ccccc1)NC(=O)OCc1ccccc1)C(=O)O. The lowest BCUT2D eigenvalue weighted by Gasteiger charge is -2.20. The second-order valence-electron chi connectivity index (χ2n) is 6.02. The number of alkyl carbamates (subject to hydrolysis) is 1. The monoisotopic (exact) mass is 370 g/mol. The highest BCUT2D eigenvalue weighted by Gasteiger charge is 2.25. The number of ether oxygens (including phenoxy) is 1. The molecule has 2 rings (SSSR count). The molecule has 7 nitrogen and oxygen atoms in total. The van der Waals surface area contributed by atoms with Gasteiger partial charge in [-0.2, -0.15) is 0 Å². The summed E-state index contributed by atoms with van der Waals surface area (Å²) in [4.78, 5) is 35.5. The second-order valence-corrected chi connectivity index (χ2v) is 6.02. The maximum absolute atomic E-state index is 12.4. The summed E-state index contributed by atoms with van der Waals surface area (Å²) < 4.78 is 5.15. The van der Waals surface area contributed by atoms with Crippen LogP contribution in [0.1, 0.15) is 18.1 Å². The largest absolute Gasteiger partial charge is 0.480 e. The van der Waals surface area contributed by atoms with E-state index in [-0.39, 0.29) is 13.0 Å². The van der Waals surface area contributed by atoms with Gasteiger partial charge in [-0.25, -0.2) is 4.79 Å². The van der Waals surface area contributed by atoms with Crippen LogP contribution in [0, 0.1) is 0 Å². The first-order valence-electron chi connectivity index (χ1n) is 8.50. The summed E-state index contributed by atoms with van der Waals surface area (Å²) >= 11 is 0. The first kappa shape index (κ1) is 20.0. The van der Waals surface area contributed by atoms with Crippen LogP contribution in [0.2, 0.25) is 0 Å². The van der Waals surface area contributed by atoms with Crippen LogP contribution >= 0.6 is 0 Å². The molecule has 0 bridgehead atoms. The molecule has 2 amide bonds. The van der Waals surface area contributed by atoms with Gasteiger partial charge in [-0.05, 0) is 18.1 Å². The molecule has 0 saturated heterocycles. The molecule has 0 spiro atoms. The van der Waals surface area contributed by atoms with E-state index < -0.39 is 30.1 Å². The Hall–Kier alpha value is -3.35. The van der Waals surface area contributed by atoms with E-state index in [0.29, 0.717) is 0 Å². The Balaban J connectivity index is 2.00. The van der Waals surface area contributed by atoms with Crippen LogP contribution < -0.4 is 10.6 Å². The van der Waals surface area contributed by atoms with Crippen molar-refractivity contribution in [2.45, 2.75) is 32.0 Å². The van der Waals surface area contributed by atoms with E-state index in [1.165, 1.54) is 6.92 Å². The van der Waals surface area contributed by atoms with E-state index in [1.54, 1.807) is 0 Å². The molecular weight excluding hydrogens is 348 g/mol. The number of amides is 2. The van der Waals surface area contributed by atoms with Crippen LogP contribution in [0.4, 0.5) is 4.79 Å². The van der Waals surface area contributed by atoms with Crippen molar-refractivity contribution in [3.63, 3.8) is 0 Å². The third-order valence-corrected chi connectivity index (χ3v) is 3.83. The summed E-state index contributed by atoms with van der Waals surface area (Å²) in [5, 5.41) is 13.9. The summed E-state index contributed by atoms with van der Waals surface area (Å²) in [5.41, 5.74) is 1.64. The minimum Gasteiger partial charge on any atom is -0.480 e. The summed E-state index contributed by atoms with van der Waals surface area (Å²) in [6, 6.07) is 16.2. The molecule has 0 aliphatic heterocycles.